The SMILES string of the molecule is [2H]C([2H])([2H])c1cc(-c2cccc3c2Oc2ccccc2[Si]3(C)C)ccc1-c1cc(C([2H])([2H])[2H])c(-c2cccc3c2Sc2ccccc2C(C)(C)C3(C)C)cc1C([2H])([2H])[2H]. The normalized spacial score (nSPS) is 19.7. The number of hydrogen-bond acceptors (Lipinski definition) is 2. The molecule has 0 aliphatic carbocycles. The van der Waals surface area contributed by atoms with Crippen molar-refractivity contribution in [1.29, 1.82) is 0 Å². The van der Waals surface area contributed by atoms with Crippen molar-refractivity contribution in [3.8, 4) is 44.9 Å². The van der Waals surface area contributed by atoms with Gasteiger partial charge in [0.05, 0.1) is 0 Å². The van der Waals surface area contributed by atoms with Gasteiger partial charge in [-0.3, -0.25) is 0 Å². The van der Waals surface area contributed by atoms with Crippen molar-refractivity contribution in [2.24, 2.45) is 0 Å². The van der Waals surface area contributed by atoms with Crippen LogP contribution in [0, 0.1) is 20.6 Å². The summed E-state index contributed by atoms with van der Waals surface area (Å²) >= 11 is 1.57. The highest BCUT2D eigenvalue weighted by molar-refractivity contribution is 7.99. The molecule has 50 heavy (non-hydrogen) atoms. The first kappa shape index (κ1) is 24.0. The number of para-hydroxylation sites is 2. The molecule has 250 valence electrons. The highest BCUT2D eigenvalue weighted by Crippen LogP contribution is 2.56. The van der Waals surface area contributed by atoms with E-state index in [9.17, 15) is 0 Å². The summed E-state index contributed by atoms with van der Waals surface area (Å²) < 4.78 is 85.8. The molecule has 0 saturated carbocycles. The Morgan fingerprint density at radius 1 is 0.560 bits per heavy atom. The molecule has 6 aromatic rings. The van der Waals surface area contributed by atoms with E-state index in [1.54, 1.807) is 30.0 Å². The average Bonchev–Trinajstić information content (AvgIpc) is 3.22. The van der Waals surface area contributed by atoms with Crippen LogP contribution in [0.1, 0.15) is 67.8 Å². The molecule has 2 heterocycles. The van der Waals surface area contributed by atoms with E-state index in [0.29, 0.717) is 16.9 Å². The standard InChI is InChI=1S/C47H46OSSi/c1-29-26-32(34-16-15-23-43-44(34)48-40-20-11-13-22-42(40)50(43,8)9)24-25-33(29)36-27-31(3)37(28-30(36)2)35-17-14-19-39-45(35)49-41-21-12-10-18-38(41)46(4,5)47(39,6)7/h10-28H,1-9H3/i1D3,2D3,3D3. The summed E-state index contributed by atoms with van der Waals surface area (Å²) in [4.78, 5) is 1.91. The van der Waals surface area contributed by atoms with Gasteiger partial charge >= 0.3 is 0 Å². The third kappa shape index (κ3) is 4.88. The molecule has 6 aromatic carbocycles. The molecule has 2 aliphatic rings. The molecule has 0 aromatic heterocycles. The minimum Gasteiger partial charge on any atom is -0.457 e. The Morgan fingerprint density at radius 2 is 1.16 bits per heavy atom. The molecule has 0 saturated heterocycles. The molecule has 0 atom stereocenters. The van der Waals surface area contributed by atoms with Gasteiger partial charge in [-0.2, -0.15) is 0 Å². The molecular weight excluding hydrogens is 641 g/mol. The molecule has 2 aliphatic heterocycles. The minimum atomic E-state index is -2.73. The Morgan fingerprint density at radius 3 is 1.94 bits per heavy atom. The first-order valence-electron chi connectivity index (χ1n) is 21.6. The Bertz CT molecular complexity index is 2670. The highest BCUT2D eigenvalue weighted by atomic mass is 32.2. The van der Waals surface area contributed by atoms with E-state index < -0.39 is 34.0 Å². The Labute approximate surface area is 316 Å². The zero-order valence-corrected chi connectivity index (χ0v) is 31.1. The second-order valence-electron chi connectivity index (χ2n) is 15.1. The van der Waals surface area contributed by atoms with Crippen molar-refractivity contribution in [1.82, 2.24) is 0 Å². The summed E-state index contributed by atoms with van der Waals surface area (Å²) in [6, 6.07) is 35.9. The third-order valence-corrected chi connectivity index (χ3v) is 16.3. The van der Waals surface area contributed by atoms with Gasteiger partial charge in [0.15, 0.2) is 0 Å². The molecule has 0 N–H and O–H groups in total. The predicted molar refractivity (Wildman–Crippen MR) is 217 cm³/mol. The van der Waals surface area contributed by atoms with Crippen molar-refractivity contribution in [3.63, 3.8) is 0 Å². The maximum absolute atomic E-state index is 8.85. The Kier molecular flexibility index (Phi) is 5.57. The van der Waals surface area contributed by atoms with Gasteiger partial charge in [-0.05, 0) is 110 Å². The smallest absolute Gasteiger partial charge is 0.134 e. The second kappa shape index (κ2) is 11.6. The van der Waals surface area contributed by atoms with Crippen molar-refractivity contribution in [2.45, 2.75) is 82.0 Å². The van der Waals surface area contributed by atoms with Crippen molar-refractivity contribution < 1.29 is 17.1 Å². The van der Waals surface area contributed by atoms with E-state index in [0.717, 1.165) is 31.9 Å². The summed E-state index contributed by atoms with van der Waals surface area (Å²) in [5.41, 5.74) is 3.61. The van der Waals surface area contributed by atoms with Gasteiger partial charge in [0.1, 0.15) is 19.6 Å². The van der Waals surface area contributed by atoms with E-state index in [1.165, 1.54) is 22.9 Å². The number of fused-ring (bicyclic) bond motifs is 4. The van der Waals surface area contributed by atoms with Crippen molar-refractivity contribution in [2.75, 3.05) is 0 Å². The third-order valence-electron chi connectivity index (χ3n) is 11.6. The van der Waals surface area contributed by atoms with Crippen molar-refractivity contribution in [3.05, 3.63) is 143 Å². The lowest BCUT2D eigenvalue weighted by Gasteiger charge is -2.42. The zero-order chi connectivity index (χ0) is 42.7. The van der Waals surface area contributed by atoms with Crippen LogP contribution in [0.4, 0.5) is 0 Å². The van der Waals surface area contributed by atoms with Crippen LogP contribution in [-0.2, 0) is 10.8 Å². The quantitative estimate of drug-likeness (QED) is 0.170. The first-order chi connectivity index (χ1) is 27.4. The highest BCUT2D eigenvalue weighted by Gasteiger charge is 2.45. The van der Waals surface area contributed by atoms with Crippen LogP contribution in [0.3, 0.4) is 0 Å². The van der Waals surface area contributed by atoms with Crippen molar-refractivity contribution >= 4 is 30.2 Å². The molecule has 0 fully saturated rings. The van der Waals surface area contributed by atoms with Crippen LogP contribution < -0.4 is 15.1 Å². The second-order valence-corrected chi connectivity index (χ2v) is 20.5. The molecule has 0 amide bonds. The van der Waals surface area contributed by atoms with Gasteiger partial charge in [-0.1, -0.05) is 156 Å². The largest absolute Gasteiger partial charge is 0.457 e. The fraction of sp³-hybridized carbons (Fsp3) is 0.234. The summed E-state index contributed by atoms with van der Waals surface area (Å²) in [7, 11) is -2.19. The Hall–Kier alpha value is -4.31. The van der Waals surface area contributed by atoms with E-state index in [-0.39, 0.29) is 38.8 Å². The summed E-state index contributed by atoms with van der Waals surface area (Å²) in [6.45, 7) is 5.26. The minimum absolute atomic E-state index is 0.0489. The van der Waals surface area contributed by atoms with Gasteiger partial charge in [0.25, 0.3) is 0 Å². The van der Waals surface area contributed by atoms with Crippen LogP contribution in [0.25, 0.3) is 33.4 Å². The van der Waals surface area contributed by atoms with E-state index in [1.807, 2.05) is 54.6 Å². The lowest BCUT2D eigenvalue weighted by Crippen LogP contribution is -2.56. The van der Waals surface area contributed by atoms with E-state index in [4.69, 9.17) is 17.1 Å². The molecule has 0 radical (unpaired) electrons. The fourth-order valence-electron chi connectivity index (χ4n) is 7.89. The van der Waals surface area contributed by atoms with Crippen LogP contribution in [0.2, 0.25) is 13.1 Å². The summed E-state index contributed by atoms with van der Waals surface area (Å²) in [6.07, 6.45) is 0. The zero-order valence-electron chi connectivity index (χ0n) is 38.3. The van der Waals surface area contributed by atoms with Gasteiger partial charge in [0, 0.05) is 27.7 Å². The number of rotatable bonds is 3. The lowest BCUT2D eigenvalue weighted by atomic mass is 9.61. The van der Waals surface area contributed by atoms with Gasteiger partial charge < -0.3 is 4.74 Å². The molecule has 8 rings (SSSR count). The molecule has 0 spiro atoms. The Balaban J connectivity index is 1.36. The maximum atomic E-state index is 8.85. The van der Waals surface area contributed by atoms with E-state index in [2.05, 4.69) is 71.1 Å². The monoisotopic (exact) mass is 695 g/mol. The van der Waals surface area contributed by atoms with Gasteiger partial charge in [-0.15, -0.1) is 0 Å². The van der Waals surface area contributed by atoms with Crippen LogP contribution in [-0.4, -0.2) is 8.07 Å². The van der Waals surface area contributed by atoms with Gasteiger partial charge in [-0.25, -0.2) is 0 Å². The van der Waals surface area contributed by atoms with Gasteiger partial charge in [0.2, 0.25) is 0 Å². The number of benzene rings is 6. The molecule has 1 nitrogen and oxygen atoms in total. The number of aryl methyl sites for hydroxylation is 3. The predicted octanol–water partition coefficient (Wildman–Crippen LogP) is 12.3. The topological polar surface area (TPSA) is 9.23 Å². The summed E-state index contributed by atoms with van der Waals surface area (Å²) in [5.74, 6) is 1.46. The molecule has 0 bridgehead atoms. The number of ether oxygens (including phenoxy) is 1. The van der Waals surface area contributed by atoms with Crippen LogP contribution >= 0.6 is 11.8 Å². The number of hydrogen-bond donors (Lipinski definition) is 0. The van der Waals surface area contributed by atoms with E-state index >= 15 is 0 Å². The average molecular weight is 696 g/mol. The molecule has 0 unspecified atom stereocenters. The lowest BCUT2D eigenvalue weighted by molar-refractivity contribution is 0.296. The van der Waals surface area contributed by atoms with Crippen LogP contribution in [0.15, 0.2) is 125 Å². The van der Waals surface area contributed by atoms with Crippen LogP contribution in [0.5, 0.6) is 11.5 Å². The fourth-order valence-corrected chi connectivity index (χ4v) is 12.2. The first-order valence-corrected chi connectivity index (χ1v) is 20.9. The maximum Gasteiger partial charge on any atom is 0.134 e. The molecule has 3 heteroatoms. The molecular formula is C47H46OSSi. The summed E-state index contributed by atoms with van der Waals surface area (Å²) in [5, 5.41) is 2.26.